The molecule has 1 atom stereocenters. The van der Waals surface area contributed by atoms with Crippen molar-refractivity contribution in [3.63, 3.8) is 0 Å². The monoisotopic (exact) mass is 324 g/mol. The number of carbonyl (C=O) groups excluding carboxylic acids is 1. The molecule has 1 aliphatic carbocycles. The molecule has 0 spiro atoms. The molecule has 0 saturated heterocycles. The summed E-state index contributed by atoms with van der Waals surface area (Å²) < 4.78 is 0. The minimum absolute atomic E-state index is 0.0441. The Balaban J connectivity index is 1.54. The molecule has 126 valence electrons. The molecule has 0 fully saturated rings. The lowest BCUT2D eigenvalue weighted by Crippen LogP contribution is -2.44. The zero-order chi connectivity index (χ0) is 17.0. The number of urea groups is 1. The van der Waals surface area contributed by atoms with Gasteiger partial charge in [0.2, 0.25) is 0 Å². The van der Waals surface area contributed by atoms with E-state index in [1.54, 1.807) is 0 Å². The predicted molar refractivity (Wildman–Crippen MR) is 94.8 cm³/mol. The fourth-order valence-electron chi connectivity index (χ4n) is 3.43. The summed E-state index contributed by atoms with van der Waals surface area (Å²) in [6.45, 7) is 2.69. The van der Waals surface area contributed by atoms with Gasteiger partial charge in [-0.15, -0.1) is 0 Å². The minimum atomic E-state index is -0.389. The molecule has 4 nitrogen and oxygen atoms in total. The lowest BCUT2D eigenvalue weighted by molar-refractivity contribution is 0.211. The first-order valence-corrected chi connectivity index (χ1v) is 8.37. The summed E-state index contributed by atoms with van der Waals surface area (Å²) in [5, 5.41) is 15.4. The number of hydrogen-bond acceptors (Lipinski definition) is 2. The Bertz CT molecular complexity index is 675. The average Bonchev–Trinajstić information content (AvgIpc) is 2.95. The van der Waals surface area contributed by atoms with Crippen LogP contribution < -0.4 is 10.6 Å². The molecular formula is C20H24N2O2. The van der Waals surface area contributed by atoms with Crippen molar-refractivity contribution in [1.29, 1.82) is 0 Å². The number of amides is 2. The lowest BCUT2D eigenvalue weighted by atomic mass is 9.87. The van der Waals surface area contributed by atoms with Gasteiger partial charge in [0.15, 0.2) is 0 Å². The second-order valence-electron chi connectivity index (χ2n) is 6.91. The zero-order valence-electron chi connectivity index (χ0n) is 14.0. The maximum atomic E-state index is 12.2. The summed E-state index contributed by atoms with van der Waals surface area (Å²) in [5.41, 5.74) is 3.69. The third-order valence-corrected chi connectivity index (χ3v) is 4.72. The molecule has 3 rings (SSSR count). The number of fused-ring (bicyclic) bond motifs is 1. The summed E-state index contributed by atoms with van der Waals surface area (Å²) in [7, 11) is 0. The van der Waals surface area contributed by atoms with E-state index in [4.69, 9.17) is 0 Å². The number of hydrogen-bond donors (Lipinski definition) is 3. The topological polar surface area (TPSA) is 61.4 Å². The van der Waals surface area contributed by atoms with Gasteiger partial charge in [-0.2, -0.15) is 0 Å². The maximum absolute atomic E-state index is 12.2. The fourth-order valence-corrected chi connectivity index (χ4v) is 3.43. The number of carbonyl (C=O) groups is 1. The van der Waals surface area contributed by atoms with E-state index in [1.165, 1.54) is 11.1 Å². The highest BCUT2D eigenvalue weighted by Gasteiger charge is 2.32. The average molecular weight is 324 g/mol. The summed E-state index contributed by atoms with van der Waals surface area (Å²) >= 11 is 0. The van der Waals surface area contributed by atoms with Crippen LogP contribution in [0.2, 0.25) is 0 Å². The molecule has 4 heteroatoms. The van der Waals surface area contributed by atoms with Crippen molar-refractivity contribution >= 4 is 6.03 Å². The first-order chi connectivity index (χ1) is 11.6. The van der Waals surface area contributed by atoms with Crippen molar-refractivity contribution in [2.45, 2.75) is 25.8 Å². The Hall–Kier alpha value is -2.33. The Morgan fingerprint density at radius 3 is 2.25 bits per heavy atom. The van der Waals surface area contributed by atoms with Crippen LogP contribution in [0.1, 0.15) is 29.7 Å². The van der Waals surface area contributed by atoms with E-state index in [9.17, 15) is 9.90 Å². The van der Waals surface area contributed by atoms with Crippen LogP contribution in [0, 0.1) is 5.41 Å². The molecule has 24 heavy (non-hydrogen) atoms. The third-order valence-electron chi connectivity index (χ3n) is 4.72. The lowest BCUT2D eigenvalue weighted by Gasteiger charge is -2.25. The fraction of sp³-hybridized carbons (Fsp3) is 0.350. The van der Waals surface area contributed by atoms with Gasteiger partial charge in [-0.05, 0) is 34.9 Å². The molecule has 1 aliphatic rings. The third kappa shape index (κ3) is 3.77. The molecule has 1 unspecified atom stereocenters. The molecule has 0 heterocycles. The Morgan fingerprint density at radius 1 is 1.08 bits per heavy atom. The second-order valence-corrected chi connectivity index (χ2v) is 6.91. The minimum Gasteiger partial charge on any atom is -0.394 e. The summed E-state index contributed by atoms with van der Waals surface area (Å²) in [4.78, 5) is 12.2. The van der Waals surface area contributed by atoms with E-state index >= 15 is 0 Å². The molecule has 0 radical (unpaired) electrons. The van der Waals surface area contributed by atoms with Crippen LogP contribution in [-0.4, -0.2) is 24.3 Å². The van der Waals surface area contributed by atoms with Crippen LogP contribution in [0.15, 0.2) is 54.6 Å². The van der Waals surface area contributed by atoms with Crippen molar-refractivity contribution in [2.24, 2.45) is 5.41 Å². The molecule has 0 bridgehead atoms. The molecule has 0 aliphatic heterocycles. The number of nitrogens with one attached hydrogen (secondary N) is 2. The number of aliphatic hydroxyl groups excluding tert-OH is 1. The molecule has 0 aromatic heterocycles. The second kappa shape index (κ2) is 7.05. The largest absolute Gasteiger partial charge is 0.394 e. The van der Waals surface area contributed by atoms with Crippen LogP contribution in [0.3, 0.4) is 0 Å². The molecule has 2 aromatic carbocycles. The van der Waals surface area contributed by atoms with E-state index < -0.39 is 0 Å². The van der Waals surface area contributed by atoms with Crippen LogP contribution >= 0.6 is 0 Å². The van der Waals surface area contributed by atoms with E-state index in [0.29, 0.717) is 6.54 Å². The van der Waals surface area contributed by atoms with Gasteiger partial charge in [0.25, 0.3) is 0 Å². The van der Waals surface area contributed by atoms with Crippen molar-refractivity contribution < 1.29 is 9.90 Å². The summed E-state index contributed by atoms with van der Waals surface area (Å²) in [6, 6.07) is 17.3. The van der Waals surface area contributed by atoms with Gasteiger partial charge in [0.1, 0.15) is 0 Å². The highest BCUT2D eigenvalue weighted by molar-refractivity contribution is 5.74. The molecule has 3 N–H and O–H groups in total. The Kier molecular flexibility index (Phi) is 4.86. The standard InChI is InChI=1S/C20H24N2O2/c1-20(11-16-9-5-6-10-17(16)12-20)14-21-19(24)22-18(13-23)15-7-3-2-4-8-15/h2-10,18,23H,11-14H2,1H3,(H2,21,22,24). The van der Waals surface area contributed by atoms with Gasteiger partial charge >= 0.3 is 6.03 Å². The van der Waals surface area contributed by atoms with Crippen LogP contribution in [0.25, 0.3) is 0 Å². The van der Waals surface area contributed by atoms with Crippen molar-refractivity contribution in [3.8, 4) is 0 Å². The quantitative estimate of drug-likeness (QED) is 0.792. The van der Waals surface area contributed by atoms with Crippen molar-refractivity contribution in [3.05, 3.63) is 71.3 Å². The Labute approximate surface area is 142 Å². The molecule has 2 amide bonds. The first-order valence-electron chi connectivity index (χ1n) is 8.37. The maximum Gasteiger partial charge on any atom is 0.315 e. The van der Waals surface area contributed by atoms with Crippen molar-refractivity contribution in [1.82, 2.24) is 10.6 Å². The highest BCUT2D eigenvalue weighted by Crippen LogP contribution is 2.35. The van der Waals surface area contributed by atoms with Crippen molar-refractivity contribution in [2.75, 3.05) is 13.2 Å². The molecule has 0 saturated carbocycles. The summed E-state index contributed by atoms with van der Waals surface area (Å²) in [6.07, 6.45) is 1.96. The van der Waals surface area contributed by atoms with Gasteiger partial charge in [-0.3, -0.25) is 0 Å². The van der Waals surface area contributed by atoms with Crippen LogP contribution in [-0.2, 0) is 12.8 Å². The van der Waals surface area contributed by atoms with Crippen LogP contribution in [0.4, 0.5) is 4.79 Å². The smallest absolute Gasteiger partial charge is 0.315 e. The van der Waals surface area contributed by atoms with Crippen LogP contribution in [0.5, 0.6) is 0 Å². The summed E-state index contributed by atoms with van der Waals surface area (Å²) in [5.74, 6) is 0. The highest BCUT2D eigenvalue weighted by atomic mass is 16.3. The number of rotatable bonds is 5. The van der Waals surface area contributed by atoms with E-state index in [1.807, 2.05) is 30.3 Å². The number of benzene rings is 2. The van der Waals surface area contributed by atoms with Gasteiger partial charge in [0.05, 0.1) is 12.6 Å². The SMILES string of the molecule is CC1(CNC(=O)NC(CO)c2ccccc2)Cc2ccccc2C1. The van der Waals surface area contributed by atoms with E-state index in [2.05, 4.69) is 41.8 Å². The van der Waals surface area contributed by atoms with Gasteiger partial charge in [0, 0.05) is 6.54 Å². The normalized spacial score (nSPS) is 16.2. The molecule has 2 aromatic rings. The van der Waals surface area contributed by atoms with Gasteiger partial charge in [-0.25, -0.2) is 4.79 Å². The zero-order valence-corrected chi connectivity index (χ0v) is 14.0. The van der Waals surface area contributed by atoms with E-state index in [-0.39, 0.29) is 24.1 Å². The van der Waals surface area contributed by atoms with Gasteiger partial charge < -0.3 is 15.7 Å². The number of aliphatic hydroxyl groups is 1. The molecular weight excluding hydrogens is 300 g/mol. The predicted octanol–water partition coefficient (Wildman–Crippen LogP) is 2.82. The van der Waals surface area contributed by atoms with Gasteiger partial charge in [-0.1, -0.05) is 61.5 Å². The van der Waals surface area contributed by atoms with E-state index in [0.717, 1.165) is 18.4 Å². The first kappa shape index (κ1) is 16.5. The Morgan fingerprint density at radius 2 is 1.67 bits per heavy atom.